The Labute approximate surface area is 104 Å². The molecule has 0 spiro atoms. The van der Waals surface area contributed by atoms with Gasteiger partial charge in [-0.15, -0.1) is 11.3 Å². The molecule has 2 aromatic rings. The first kappa shape index (κ1) is 10.3. The molecule has 3 rings (SSSR count). The molecule has 1 heterocycles. The molecule has 0 radical (unpaired) electrons. The van der Waals surface area contributed by atoms with Crippen molar-refractivity contribution < 1.29 is 0 Å². The number of halogens is 1. The van der Waals surface area contributed by atoms with Crippen molar-refractivity contribution in [3.05, 3.63) is 56.7 Å². The lowest BCUT2D eigenvalue weighted by Gasteiger charge is -2.34. The maximum atomic E-state index is 6.29. The van der Waals surface area contributed by atoms with Crippen LogP contribution in [0.1, 0.15) is 28.0 Å². The fourth-order valence-electron chi connectivity index (χ4n) is 2.34. The molecular weight excluding hydrogens is 238 g/mol. The van der Waals surface area contributed by atoms with Crippen LogP contribution >= 0.6 is 22.9 Å². The normalized spacial score (nSPS) is 20.0. The first-order valence-electron chi connectivity index (χ1n) is 5.33. The summed E-state index contributed by atoms with van der Waals surface area (Å²) in [5.41, 5.74) is 9.10. The second-order valence-corrected chi connectivity index (χ2v) is 5.52. The van der Waals surface area contributed by atoms with Crippen molar-refractivity contribution in [1.82, 2.24) is 0 Å². The molecule has 0 saturated heterocycles. The summed E-state index contributed by atoms with van der Waals surface area (Å²) in [5, 5.41) is 2.81. The third-order valence-corrected chi connectivity index (χ3v) is 4.74. The summed E-state index contributed by atoms with van der Waals surface area (Å²) in [4.78, 5) is 1.11. The monoisotopic (exact) mass is 249 g/mol. The summed E-state index contributed by atoms with van der Waals surface area (Å²) < 4.78 is 0. The van der Waals surface area contributed by atoms with E-state index in [-0.39, 0.29) is 6.04 Å². The minimum Gasteiger partial charge on any atom is -0.323 e. The molecule has 0 saturated carbocycles. The summed E-state index contributed by atoms with van der Waals surface area (Å²) in [6.45, 7) is 0. The highest BCUT2D eigenvalue weighted by Crippen LogP contribution is 2.44. The van der Waals surface area contributed by atoms with Gasteiger partial charge in [0.1, 0.15) is 0 Å². The van der Waals surface area contributed by atoms with Crippen LogP contribution in [0.2, 0.25) is 5.02 Å². The minimum absolute atomic E-state index is 0.0439. The van der Waals surface area contributed by atoms with Crippen molar-refractivity contribution in [2.24, 2.45) is 5.73 Å². The first-order chi connectivity index (χ1) is 7.77. The Hall–Kier alpha value is -0.830. The average molecular weight is 250 g/mol. The predicted molar refractivity (Wildman–Crippen MR) is 69.1 cm³/mol. The maximum absolute atomic E-state index is 6.29. The first-order valence-corrected chi connectivity index (χ1v) is 6.59. The van der Waals surface area contributed by atoms with Gasteiger partial charge in [0.15, 0.2) is 0 Å². The molecule has 3 heteroatoms. The molecule has 1 nitrogen and oxygen atoms in total. The summed E-state index contributed by atoms with van der Waals surface area (Å²) in [7, 11) is 0. The summed E-state index contributed by atoms with van der Waals surface area (Å²) >= 11 is 7.77. The van der Waals surface area contributed by atoms with Crippen LogP contribution in [-0.2, 0) is 6.42 Å². The molecular formula is C13H12ClNS. The van der Waals surface area contributed by atoms with Gasteiger partial charge < -0.3 is 5.73 Å². The quantitative estimate of drug-likeness (QED) is 0.862. The molecule has 0 amide bonds. The van der Waals surface area contributed by atoms with E-state index in [0.29, 0.717) is 5.92 Å². The van der Waals surface area contributed by atoms with E-state index < -0.39 is 0 Å². The number of nitrogens with two attached hydrogens (primary N) is 1. The Morgan fingerprint density at radius 3 is 2.81 bits per heavy atom. The zero-order chi connectivity index (χ0) is 11.1. The van der Waals surface area contributed by atoms with E-state index in [9.17, 15) is 0 Å². The third kappa shape index (κ3) is 1.49. The molecule has 82 valence electrons. The molecule has 1 aromatic carbocycles. The van der Waals surface area contributed by atoms with Crippen LogP contribution in [0.25, 0.3) is 0 Å². The van der Waals surface area contributed by atoms with Gasteiger partial charge in [-0.1, -0.05) is 35.9 Å². The molecule has 0 aliphatic heterocycles. The predicted octanol–water partition coefficient (Wildman–Crippen LogP) is 3.74. The fourth-order valence-corrected chi connectivity index (χ4v) is 3.59. The van der Waals surface area contributed by atoms with Gasteiger partial charge in [0.05, 0.1) is 5.02 Å². The molecule has 2 N–H and O–H groups in total. The van der Waals surface area contributed by atoms with Gasteiger partial charge in [0.2, 0.25) is 0 Å². The van der Waals surface area contributed by atoms with Gasteiger partial charge >= 0.3 is 0 Å². The molecule has 16 heavy (non-hydrogen) atoms. The smallest absolute Gasteiger partial charge is 0.0561 e. The minimum atomic E-state index is 0.0439. The highest BCUT2D eigenvalue weighted by Gasteiger charge is 2.32. The Morgan fingerprint density at radius 2 is 2.12 bits per heavy atom. The second-order valence-electron chi connectivity index (χ2n) is 4.17. The van der Waals surface area contributed by atoms with Gasteiger partial charge in [-0.2, -0.15) is 0 Å². The third-order valence-electron chi connectivity index (χ3n) is 3.28. The number of rotatable bonds is 2. The van der Waals surface area contributed by atoms with Crippen molar-refractivity contribution in [3.8, 4) is 0 Å². The molecule has 2 atom stereocenters. The fraction of sp³-hybridized carbons (Fsp3) is 0.231. The number of hydrogen-bond donors (Lipinski definition) is 1. The van der Waals surface area contributed by atoms with Crippen LogP contribution in [0, 0.1) is 0 Å². The van der Waals surface area contributed by atoms with Crippen LogP contribution in [0.3, 0.4) is 0 Å². The van der Waals surface area contributed by atoms with Crippen molar-refractivity contribution in [2.75, 3.05) is 0 Å². The zero-order valence-electron chi connectivity index (χ0n) is 8.69. The van der Waals surface area contributed by atoms with E-state index in [1.54, 1.807) is 11.3 Å². The van der Waals surface area contributed by atoms with Crippen molar-refractivity contribution in [2.45, 2.75) is 18.4 Å². The molecule has 0 bridgehead atoms. The number of hydrogen-bond acceptors (Lipinski definition) is 2. The van der Waals surface area contributed by atoms with E-state index in [4.69, 9.17) is 17.3 Å². The molecule has 0 fully saturated rings. The van der Waals surface area contributed by atoms with Crippen LogP contribution in [0.4, 0.5) is 0 Å². The molecule has 1 aliphatic carbocycles. The van der Waals surface area contributed by atoms with E-state index in [2.05, 4.69) is 24.3 Å². The SMILES string of the molecule is NC(c1sccc1Cl)C1Cc2ccccc21. The zero-order valence-corrected chi connectivity index (χ0v) is 10.3. The van der Waals surface area contributed by atoms with Gasteiger partial charge in [-0.3, -0.25) is 0 Å². The van der Waals surface area contributed by atoms with E-state index in [1.807, 2.05) is 11.4 Å². The van der Waals surface area contributed by atoms with Gasteiger partial charge in [0.25, 0.3) is 0 Å². The summed E-state index contributed by atoms with van der Waals surface area (Å²) in [6, 6.07) is 10.5. The van der Waals surface area contributed by atoms with Crippen LogP contribution in [-0.4, -0.2) is 0 Å². The standard InChI is InChI=1S/C13H12ClNS/c14-11-5-6-16-13(11)12(15)10-7-8-3-1-2-4-9(8)10/h1-6,10,12H,7,15H2. The highest BCUT2D eigenvalue weighted by atomic mass is 35.5. The average Bonchev–Trinajstić information content (AvgIpc) is 2.66. The number of thiophene rings is 1. The largest absolute Gasteiger partial charge is 0.323 e. The molecule has 1 aliphatic rings. The van der Waals surface area contributed by atoms with Gasteiger partial charge in [-0.25, -0.2) is 0 Å². The van der Waals surface area contributed by atoms with Crippen LogP contribution in [0.15, 0.2) is 35.7 Å². The Bertz CT molecular complexity index is 520. The molecule has 1 aromatic heterocycles. The van der Waals surface area contributed by atoms with Gasteiger partial charge in [0, 0.05) is 16.8 Å². The highest BCUT2D eigenvalue weighted by molar-refractivity contribution is 7.10. The topological polar surface area (TPSA) is 26.0 Å². The second kappa shape index (κ2) is 3.88. The van der Waals surface area contributed by atoms with E-state index in [0.717, 1.165) is 16.3 Å². The van der Waals surface area contributed by atoms with E-state index >= 15 is 0 Å². The Balaban J connectivity index is 1.90. The Kier molecular flexibility index (Phi) is 2.51. The van der Waals surface area contributed by atoms with Crippen LogP contribution < -0.4 is 5.73 Å². The maximum Gasteiger partial charge on any atom is 0.0561 e. The van der Waals surface area contributed by atoms with Crippen molar-refractivity contribution in [1.29, 1.82) is 0 Å². The lowest BCUT2D eigenvalue weighted by Crippen LogP contribution is -2.28. The van der Waals surface area contributed by atoms with Crippen molar-refractivity contribution >= 4 is 22.9 Å². The summed E-state index contributed by atoms with van der Waals surface area (Å²) in [5.74, 6) is 0.437. The summed E-state index contributed by atoms with van der Waals surface area (Å²) in [6.07, 6.45) is 1.07. The number of fused-ring (bicyclic) bond motifs is 1. The van der Waals surface area contributed by atoms with E-state index in [1.165, 1.54) is 11.1 Å². The lowest BCUT2D eigenvalue weighted by atomic mass is 9.73. The molecule has 2 unspecified atom stereocenters. The number of benzene rings is 1. The van der Waals surface area contributed by atoms with Crippen LogP contribution in [0.5, 0.6) is 0 Å². The lowest BCUT2D eigenvalue weighted by molar-refractivity contribution is 0.506. The van der Waals surface area contributed by atoms with Gasteiger partial charge in [-0.05, 0) is 29.0 Å². The van der Waals surface area contributed by atoms with Crippen molar-refractivity contribution in [3.63, 3.8) is 0 Å². The Morgan fingerprint density at radius 1 is 1.31 bits per heavy atom.